The van der Waals surface area contributed by atoms with Crippen LogP contribution in [0, 0.1) is 0 Å². The predicted molar refractivity (Wildman–Crippen MR) is 107 cm³/mol. The number of nitrogens with zero attached hydrogens (tertiary/aromatic N) is 1. The molecule has 0 spiro atoms. The van der Waals surface area contributed by atoms with Crippen LogP contribution in [0.25, 0.3) is 6.08 Å². The molecule has 1 amide bonds. The van der Waals surface area contributed by atoms with Crippen molar-refractivity contribution < 1.29 is 23.8 Å². The van der Waals surface area contributed by atoms with Crippen molar-refractivity contribution >= 4 is 23.5 Å². The van der Waals surface area contributed by atoms with Gasteiger partial charge in [-0.15, -0.1) is 0 Å². The SMILES string of the molecule is COc1ccc(/C=C/C(=O)c2ccc(N3CCCC3=O)cc2)c(OC)c1OC. The van der Waals surface area contributed by atoms with Crippen LogP contribution in [0.1, 0.15) is 28.8 Å². The highest BCUT2D eigenvalue weighted by atomic mass is 16.5. The molecule has 1 aliphatic rings. The zero-order valence-corrected chi connectivity index (χ0v) is 16.2. The molecule has 0 aliphatic carbocycles. The van der Waals surface area contributed by atoms with Gasteiger partial charge in [0.25, 0.3) is 0 Å². The average molecular weight is 381 g/mol. The van der Waals surface area contributed by atoms with E-state index in [2.05, 4.69) is 0 Å². The Kier molecular flexibility index (Phi) is 5.99. The summed E-state index contributed by atoms with van der Waals surface area (Å²) in [6, 6.07) is 10.6. The normalized spacial score (nSPS) is 13.8. The lowest BCUT2D eigenvalue weighted by molar-refractivity contribution is -0.117. The number of ether oxygens (including phenoxy) is 3. The van der Waals surface area contributed by atoms with Gasteiger partial charge in [-0.25, -0.2) is 0 Å². The quantitative estimate of drug-likeness (QED) is 0.540. The highest BCUT2D eigenvalue weighted by Gasteiger charge is 2.21. The minimum Gasteiger partial charge on any atom is -0.493 e. The Bertz CT molecular complexity index is 902. The number of carbonyl (C=O) groups is 2. The zero-order chi connectivity index (χ0) is 20.1. The molecule has 0 saturated carbocycles. The number of ketones is 1. The van der Waals surface area contributed by atoms with Crippen LogP contribution in [-0.4, -0.2) is 39.6 Å². The molecule has 0 atom stereocenters. The Labute approximate surface area is 164 Å². The van der Waals surface area contributed by atoms with Gasteiger partial charge in [0.2, 0.25) is 11.7 Å². The molecule has 1 saturated heterocycles. The van der Waals surface area contributed by atoms with Crippen LogP contribution >= 0.6 is 0 Å². The largest absolute Gasteiger partial charge is 0.493 e. The van der Waals surface area contributed by atoms with Gasteiger partial charge in [-0.1, -0.05) is 0 Å². The van der Waals surface area contributed by atoms with Crippen molar-refractivity contribution in [3.05, 3.63) is 53.6 Å². The van der Waals surface area contributed by atoms with E-state index in [-0.39, 0.29) is 11.7 Å². The van der Waals surface area contributed by atoms with Gasteiger partial charge in [-0.2, -0.15) is 0 Å². The number of anilines is 1. The summed E-state index contributed by atoms with van der Waals surface area (Å²) < 4.78 is 16.1. The maximum atomic E-state index is 12.5. The molecule has 28 heavy (non-hydrogen) atoms. The number of rotatable bonds is 7. The van der Waals surface area contributed by atoms with E-state index in [9.17, 15) is 9.59 Å². The van der Waals surface area contributed by atoms with E-state index in [4.69, 9.17) is 14.2 Å². The highest BCUT2D eigenvalue weighted by molar-refractivity contribution is 6.07. The van der Waals surface area contributed by atoms with Gasteiger partial charge in [0.1, 0.15) is 0 Å². The van der Waals surface area contributed by atoms with Crippen molar-refractivity contribution in [1.29, 1.82) is 0 Å². The summed E-state index contributed by atoms with van der Waals surface area (Å²) in [6.45, 7) is 0.727. The molecule has 0 bridgehead atoms. The van der Waals surface area contributed by atoms with Crippen LogP contribution in [0.4, 0.5) is 5.69 Å². The maximum absolute atomic E-state index is 12.5. The van der Waals surface area contributed by atoms with E-state index in [1.54, 1.807) is 54.5 Å². The van der Waals surface area contributed by atoms with Crippen molar-refractivity contribution in [2.24, 2.45) is 0 Å². The fraction of sp³-hybridized carbons (Fsp3) is 0.273. The topological polar surface area (TPSA) is 65.1 Å². The van der Waals surface area contributed by atoms with Gasteiger partial charge in [0, 0.05) is 29.8 Å². The first-order valence-corrected chi connectivity index (χ1v) is 9.01. The second-order valence-electron chi connectivity index (χ2n) is 6.32. The molecule has 6 heteroatoms. The first-order chi connectivity index (χ1) is 13.6. The first kappa shape index (κ1) is 19.5. The van der Waals surface area contributed by atoms with Gasteiger partial charge >= 0.3 is 0 Å². The van der Waals surface area contributed by atoms with Crippen LogP contribution in [0.15, 0.2) is 42.5 Å². The van der Waals surface area contributed by atoms with Crippen molar-refractivity contribution in [2.75, 3.05) is 32.8 Å². The van der Waals surface area contributed by atoms with Crippen molar-refractivity contribution in [3.63, 3.8) is 0 Å². The molecule has 2 aromatic carbocycles. The number of benzene rings is 2. The van der Waals surface area contributed by atoms with Gasteiger partial charge < -0.3 is 19.1 Å². The lowest BCUT2D eigenvalue weighted by atomic mass is 10.1. The fourth-order valence-electron chi connectivity index (χ4n) is 3.24. The van der Waals surface area contributed by atoms with E-state index in [1.165, 1.54) is 20.3 Å². The number of hydrogen-bond acceptors (Lipinski definition) is 5. The van der Waals surface area contributed by atoms with E-state index >= 15 is 0 Å². The second kappa shape index (κ2) is 8.61. The summed E-state index contributed by atoms with van der Waals surface area (Å²) in [5, 5.41) is 0. The third-order valence-corrected chi connectivity index (χ3v) is 4.69. The molecule has 146 valence electrons. The standard InChI is InChI=1S/C22H23NO5/c1-26-19-13-9-16(21(27-2)22(19)28-3)8-12-18(24)15-6-10-17(11-7-15)23-14-4-5-20(23)25/h6-13H,4-5,14H2,1-3H3/b12-8+. The van der Waals surface area contributed by atoms with Crippen LogP contribution in [-0.2, 0) is 4.79 Å². The third-order valence-electron chi connectivity index (χ3n) is 4.69. The minimum absolute atomic E-state index is 0.125. The predicted octanol–water partition coefficient (Wildman–Crippen LogP) is 3.74. The van der Waals surface area contributed by atoms with Gasteiger partial charge in [-0.3, -0.25) is 9.59 Å². The Morgan fingerprint density at radius 1 is 0.964 bits per heavy atom. The van der Waals surface area contributed by atoms with E-state index < -0.39 is 0 Å². The van der Waals surface area contributed by atoms with E-state index in [0.29, 0.717) is 34.8 Å². The van der Waals surface area contributed by atoms with Crippen LogP contribution in [0.5, 0.6) is 17.2 Å². The number of carbonyl (C=O) groups excluding carboxylic acids is 2. The summed E-state index contributed by atoms with van der Waals surface area (Å²) in [7, 11) is 4.62. The summed E-state index contributed by atoms with van der Waals surface area (Å²) in [5.41, 5.74) is 2.07. The zero-order valence-electron chi connectivity index (χ0n) is 16.2. The molecule has 1 fully saturated rings. The lowest BCUT2D eigenvalue weighted by Crippen LogP contribution is -2.23. The molecule has 3 rings (SSSR count). The van der Waals surface area contributed by atoms with Gasteiger partial charge in [-0.05, 0) is 55.0 Å². The van der Waals surface area contributed by atoms with Crippen LogP contribution in [0.2, 0.25) is 0 Å². The molecule has 0 unspecified atom stereocenters. The average Bonchev–Trinajstić information content (AvgIpc) is 3.16. The van der Waals surface area contributed by atoms with Crippen LogP contribution < -0.4 is 19.1 Å². The van der Waals surface area contributed by atoms with Crippen molar-refractivity contribution in [3.8, 4) is 17.2 Å². The summed E-state index contributed by atoms with van der Waals surface area (Å²) in [6.07, 6.45) is 4.62. The summed E-state index contributed by atoms with van der Waals surface area (Å²) in [5.74, 6) is 1.50. The Hall–Kier alpha value is -3.28. The number of amides is 1. The van der Waals surface area contributed by atoms with E-state index in [0.717, 1.165) is 18.7 Å². The lowest BCUT2D eigenvalue weighted by Gasteiger charge is -2.15. The van der Waals surface area contributed by atoms with Crippen LogP contribution in [0.3, 0.4) is 0 Å². The van der Waals surface area contributed by atoms with Crippen molar-refractivity contribution in [2.45, 2.75) is 12.8 Å². The molecule has 0 N–H and O–H groups in total. The number of allylic oxidation sites excluding steroid dienone is 1. The summed E-state index contributed by atoms with van der Waals surface area (Å²) in [4.78, 5) is 26.1. The highest BCUT2D eigenvalue weighted by Crippen LogP contribution is 2.40. The smallest absolute Gasteiger partial charge is 0.227 e. The summed E-state index contributed by atoms with van der Waals surface area (Å²) >= 11 is 0. The molecular weight excluding hydrogens is 358 g/mol. The molecule has 0 radical (unpaired) electrons. The Balaban J connectivity index is 1.79. The van der Waals surface area contributed by atoms with Gasteiger partial charge in [0.15, 0.2) is 17.3 Å². The Morgan fingerprint density at radius 2 is 1.68 bits per heavy atom. The monoisotopic (exact) mass is 381 g/mol. The minimum atomic E-state index is -0.142. The van der Waals surface area contributed by atoms with E-state index in [1.807, 2.05) is 0 Å². The first-order valence-electron chi connectivity index (χ1n) is 9.01. The second-order valence-corrected chi connectivity index (χ2v) is 6.32. The Morgan fingerprint density at radius 3 is 2.25 bits per heavy atom. The molecule has 0 aromatic heterocycles. The molecule has 1 aliphatic heterocycles. The molecule has 6 nitrogen and oxygen atoms in total. The van der Waals surface area contributed by atoms with Gasteiger partial charge in [0.05, 0.1) is 21.3 Å². The fourth-order valence-corrected chi connectivity index (χ4v) is 3.24. The molecule has 1 heterocycles. The number of methoxy groups -OCH3 is 3. The molecule has 2 aromatic rings. The van der Waals surface area contributed by atoms with Crippen molar-refractivity contribution in [1.82, 2.24) is 0 Å². The number of hydrogen-bond donors (Lipinski definition) is 0. The maximum Gasteiger partial charge on any atom is 0.227 e. The molecular formula is C22H23NO5. The third kappa shape index (κ3) is 3.86.